The van der Waals surface area contributed by atoms with Gasteiger partial charge in [-0.15, -0.1) is 8.78 Å². The molecule has 20 heavy (non-hydrogen) atoms. The largest absolute Gasteiger partial charge is 0.586 e. The summed E-state index contributed by atoms with van der Waals surface area (Å²) >= 11 is 1.92. The van der Waals surface area contributed by atoms with Gasteiger partial charge < -0.3 is 14.8 Å². The van der Waals surface area contributed by atoms with Gasteiger partial charge in [0.1, 0.15) is 0 Å². The minimum Gasteiger partial charge on any atom is -0.395 e. The lowest BCUT2D eigenvalue weighted by molar-refractivity contribution is -0.286. The molecule has 2 aliphatic heterocycles. The van der Waals surface area contributed by atoms with Crippen LogP contribution in [0.3, 0.4) is 0 Å². The Labute approximate surface area is 121 Å². The SMILES string of the molecule is CC1(C)CSCC(Nc2ccc3c(c2)OC(F)(F)O3)C1. The molecule has 3 nitrogen and oxygen atoms in total. The number of nitrogens with one attached hydrogen (secondary N) is 1. The number of ether oxygens (including phenoxy) is 2. The van der Waals surface area contributed by atoms with Gasteiger partial charge in [-0.05, 0) is 29.7 Å². The van der Waals surface area contributed by atoms with Crippen molar-refractivity contribution in [1.29, 1.82) is 0 Å². The molecule has 0 aromatic heterocycles. The van der Waals surface area contributed by atoms with Crippen LogP contribution in [0.2, 0.25) is 0 Å². The fraction of sp³-hybridized carbons (Fsp3) is 0.571. The molecule has 1 atom stereocenters. The van der Waals surface area contributed by atoms with Crippen LogP contribution in [0.25, 0.3) is 0 Å². The van der Waals surface area contributed by atoms with Crippen LogP contribution in [0.1, 0.15) is 20.3 Å². The fourth-order valence-electron chi connectivity index (χ4n) is 2.63. The number of halogens is 2. The molecule has 0 bridgehead atoms. The van der Waals surface area contributed by atoms with E-state index in [-0.39, 0.29) is 11.5 Å². The summed E-state index contributed by atoms with van der Waals surface area (Å²) in [5, 5.41) is 3.39. The van der Waals surface area contributed by atoms with Crippen LogP contribution < -0.4 is 14.8 Å². The average Bonchev–Trinajstić information content (AvgIpc) is 2.61. The summed E-state index contributed by atoms with van der Waals surface area (Å²) in [6, 6.07) is 5.17. The lowest BCUT2D eigenvalue weighted by Gasteiger charge is -2.35. The zero-order valence-electron chi connectivity index (χ0n) is 11.4. The van der Waals surface area contributed by atoms with Gasteiger partial charge in [0.25, 0.3) is 0 Å². The van der Waals surface area contributed by atoms with E-state index >= 15 is 0 Å². The van der Waals surface area contributed by atoms with Gasteiger partial charge in [-0.2, -0.15) is 11.8 Å². The standard InChI is InChI=1S/C14H17F2NO2S/c1-13(2)6-10(7-20-8-13)17-9-3-4-11-12(5-9)19-14(15,16)18-11/h3-5,10,17H,6-8H2,1-2H3. The van der Waals surface area contributed by atoms with Crippen molar-refractivity contribution in [2.75, 3.05) is 16.8 Å². The van der Waals surface area contributed by atoms with E-state index in [1.807, 2.05) is 11.8 Å². The van der Waals surface area contributed by atoms with Gasteiger partial charge in [-0.1, -0.05) is 13.8 Å². The van der Waals surface area contributed by atoms with Crippen LogP contribution in [0.5, 0.6) is 11.5 Å². The molecule has 0 radical (unpaired) electrons. The van der Waals surface area contributed by atoms with E-state index < -0.39 is 6.29 Å². The summed E-state index contributed by atoms with van der Waals surface area (Å²) in [6.07, 6.45) is -2.49. The number of hydrogen-bond acceptors (Lipinski definition) is 4. The van der Waals surface area contributed by atoms with E-state index in [4.69, 9.17) is 0 Å². The van der Waals surface area contributed by atoms with E-state index in [2.05, 4.69) is 28.6 Å². The Bertz CT molecular complexity index is 522. The molecular formula is C14H17F2NO2S. The molecule has 3 rings (SSSR count). The van der Waals surface area contributed by atoms with Crippen molar-refractivity contribution in [3.8, 4) is 11.5 Å². The van der Waals surface area contributed by atoms with E-state index in [0.717, 1.165) is 23.6 Å². The van der Waals surface area contributed by atoms with Crippen LogP contribution in [-0.2, 0) is 0 Å². The van der Waals surface area contributed by atoms with Crippen molar-refractivity contribution in [3.05, 3.63) is 18.2 Å². The van der Waals surface area contributed by atoms with Gasteiger partial charge >= 0.3 is 6.29 Å². The smallest absolute Gasteiger partial charge is 0.395 e. The first kappa shape index (κ1) is 13.8. The molecule has 6 heteroatoms. The minimum absolute atomic E-state index is 0.0823. The summed E-state index contributed by atoms with van der Waals surface area (Å²) in [5.41, 5.74) is 1.08. The third kappa shape index (κ3) is 2.95. The molecule has 2 aliphatic rings. The van der Waals surface area contributed by atoms with Crippen molar-refractivity contribution in [2.24, 2.45) is 5.41 Å². The maximum Gasteiger partial charge on any atom is 0.586 e. The molecule has 0 spiro atoms. The summed E-state index contributed by atoms with van der Waals surface area (Å²) in [5.74, 6) is 2.34. The van der Waals surface area contributed by atoms with Crippen LogP contribution >= 0.6 is 11.8 Å². The highest BCUT2D eigenvalue weighted by Gasteiger charge is 2.43. The quantitative estimate of drug-likeness (QED) is 0.896. The van der Waals surface area contributed by atoms with Crippen LogP contribution in [-0.4, -0.2) is 23.8 Å². The van der Waals surface area contributed by atoms with E-state index in [0.29, 0.717) is 11.5 Å². The van der Waals surface area contributed by atoms with Crippen LogP contribution in [0.4, 0.5) is 14.5 Å². The lowest BCUT2D eigenvalue weighted by atomic mass is 9.88. The van der Waals surface area contributed by atoms with Crippen molar-refractivity contribution in [3.63, 3.8) is 0 Å². The van der Waals surface area contributed by atoms with Gasteiger partial charge in [0.15, 0.2) is 11.5 Å². The maximum absolute atomic E-state index is 13.0. The summed E-state index contributed by atoms with van der Waals surface area (Å²) < 4.78 is 34.8. The molecule has 1 aromatic carbocycles. The van der Waals surface area contributed by atoms with Crippen molar-refractivity contribution >= 4 is 17.4 Å². The first-order valence-electron chi connectivity index (χ1n) is 6.57. The molecule has 0 amide bonds. The first-order chi connectivity index (χ1) is 9.33. The van der Waals surface area contributed by atoms with Gasteiger partial charge in [0.05, 0.1) is 0 Å². The second kappa shape index (κ2) is 4.69. The number of rotatable bonds is 2. The number of benzene rings is 1. The van der Waals surface area contributed by atoms with Crippen LogP contribution in [0.15, 0.2) is 18.2 Å². The second-order valence-corrected chi connectivity index (χ2v) is 7.08. The Morgan fingerprint density at radius 1 is 1.25 bits per heavy atom. The molecule has 110 valence electrons. The maximum atomic E-state index is 13.0. The van der Waals surface area contributed by atoms with Gasteiger partial charge in [0.2, 0.25) is 0 Å². The topological polar surface area (TPSA) is 30.5 Å². The number of fused-ring (bicyclic) bond motifs is 1. The summed E-state index contributed by atoms with van der Waals surface area (Å²) in [7, 11) is 0. The Morgan fingerprint density at radius 2 is 2.00 bits per heavy atom. The Hall–Kier alpha value is -1.17. The van der Waals surface area contributed by atoms with Gasteiger partial charge in [0, 0.05) is 23.5 Å². The first-order valence-corrected chi connectivity index (χ1v) is 7.73. The predicted octanol–water partition coefficient (Wildman–Crippen LogP) is 3.95. The van der Waals surface area contributed by atoms with Crippen molar-refractivity contribution in [2.45, 2.75) is 32.6 Å². The normalized spacial score (nSPS) is 26.3. The highest BCUT2D eigenvalue weighted by atomic mass is 32.2. The van der Waals surface area contributed by atoms with E-state index in [1.165, 1.54) is 6.07 Å². The number of hydrogen-bond donors (Lipinski definition) is 1. The molecule has 2 heterocycles. The average molecular weight is 301 g/mol. The Morgan fingerprint density at radius 3 is 2.75 bits per heavy atom. The molecule has 1 saturated heterocycles. The minimum atomic E-state index is -3.55. The van der Waals surface area contributed by atoms with E-state index in [1.54, 1.807) is 12.1 Å². The molecule has 0 saturated carbocycles. The molecule has 1 N–H and O–H groups in total. The molecule has 0 aliphatic carbocycles. The number of thioether (sulfide) groups is 1. The molecule has 1 aromatic rings. The third-order valence-electron chi connectivity index (χ3n) is 3.38. The Balaban J connectivity index is 1.71. The molecule has 1 fully saturated rings. The van der Waals surface area contributed by atoms with Crippen LogP contribution in [0, 0.1) is 5.41 Å². The molecular weight excluding hydrogens is 284 g/mol. The zero-order chi connectivity index (χ0) is 14.4. The van der Waals surface area contributed by atoms with Crippen molar-refractivity contribution < 1.29 is 18.3 Å². The fourth-order valence-corrected chi connectivity index (χ4v) is 3.90. The van der Waals surface area contributed by atoms with Crippen molar-refractivity contribution in [1.82, 2.24) is 0 Å². The Kier molecular flexibility index (Phi) is 3.23. The summed E-state index contributed by atoms with van der Waals surface area (Å²) in [6.45, 7) is 4.49. The van der Waals surface area contributed by atoms with E-state index in [9.17, 15) is 8.78 Å². The van der Waals surface area contributed by atoms with Gasteiger partial charge in [-0.25, -0.2) is 0 Å². The number of alkyl halides is 2. The second-order valence-electron chi connectivity index (χ2n) is 6.05. The summed E-state index contributed by atoms with van der Waals surface area (Å²) in [4.78, 5) is 0. The highest BCUT2D eigenvalue weighted by molar-refractivity contribution is 7.99. The third-order valence-corrected chi connectivity index (χ3v) is 5.01. The van der Waals surface area contributed by atoms with Gasteiger partial charge in [-0.3, -0.25) is 0 Å². The highest BCUT2D eigenvalue weighted by Crippen LogP contribution is 2.43. The molecule has 1 unspecified atom stereocenters. The monoisotopic (exact) mass is 301 g/mol. The lowest BCUT2D eigenvalue weighted by Crippen LogP contribution is -2.35. The zero-order valence-corrected chi connectivity index (χ0v) is 12.2. The number of anilines is 1. The predicted molar refractivity (Wildman–Crippen MR) is 75.8 cm³/mol.